The molecule has 0 spiro atoms. The number of hydrogen-bond acceptors (Lipinski definition) is 4. The van der Waals surface area contributed by atoms with Gasteiger partial charge in [0.1, 0.15) is 18.2 Å². The zero-order valence-corrected chi connectivity index (χ0v) is 16.8. The largest absolute Gasteiger partial charge is 0.337 e. The smallest absolute Gasteiger partial charge is 0.284 e. The molecule has 0 atom stereocenters. The zero-order chi connectivity index (χ0) is 20.7. The van der Waals surface area contributed by atoms with E-state index in [2.05, 4.69) is 10.3 Å². The lowest BCUT2D eigenvalue weighted by molar-refractivity contribution is -0.118. The third kappa shape index (κ3) is 3.96. The number of carbonyl (C=O) groups is 2. The summed E-state index contributed by atoms with van der Waals surface area (Å²) in [4.78, 5) is 30.4. The molecule has 10 heteroatoms. The molecule has 0 saturated carbocycles. The normalized spacial score (nSPS) is 13.7. The SMILES string of the molecule is O=C1CN(C(=O)c2nc(-c3ccc(F)c(Cl)c3)c(-c3cc(F)cc(Cl)c3)s2)CN1. The Morgan fingerprint density at radius 2 is 1.93 bits per heavy atom. The Labute approximate surface area is 177 Å². The van der Waals surface area contributed by atoms with Crippen LogP contribution in [0.1, 0.15) is 9.80 Å². The Kier molecular flexibility index (Phi) is 5.24. The van der Waals surface area contributed by atoms with Gasteiger partial charge in [0.15, 0.2) is 5.01 Å². The molecule has 1 aliphatic rings. The molecule has 1 aliphatic heterocycles. The van der Waals surface area contributed by atoms with Crippen LogP contribution in [0, 0.1) is 11.6 Å². The third-order valence-electron chi connectivity index (χ3n) is 4.22. The van der Waals surface area contributed by atoms with Crippen LogP contribution in [0.25, 0.3) is 21.7 Å². The van der Waals surface area contributed by atoms with Gasteiger partial charge in [-0.15, -0.1) is 11.3 Å². The molecule has 2 aromatic carbocycles. The molecule has 1 N–H and O–H groups in total. The van der Waals surface area contributed by atoms with Crippen molar-refractivity contribution < 1.29 is 18.4 Å². The van der Waals surface area contributed by atoms with Gasteiger partial charge in [-0.2, -0.15) is 0 Å². The molecule has 5 nitrogen and oxygen atoms in total. The van der Waals surface area contributed by atoms with Gasteiger partial charge in [0.25, 0.3) is 5.91 Å². The minimum absolute atomic E-state index is 0.0722. The fourth-order valence-corrected chi connectivity index (χ4v) is 4.32. The highest BCUT2D eigenvalue weighted by Crippen LogP contribution is 2.39. The second kappa shape index (κ2) is 7.70. The molecule has 0 aliphatic carbocycles. The first-order chi connectivity index (χ1) is 13.8. The van der Waals surface area contributed by atoms with E-state index in [1.165, 1.54) is 29.2 Å². The molecule has 1 aromatic heterocycles. The molecule has 0 bridgehead atoms. The molecule has 2 heterocycles. The van der Waals surface area contributed by atoms with Crippen LogP contribution in [0.4, 0.5) is 8.78 Å². The van der Waals surface area contributed by atoms with Crippen molar-refractivity contribution in [1.82, 2.24) is 15.2 Å². The fourth-order valence-electron chi connectivity index (χ4n) is 2.88. The second-order valence-electron chi connectivity index (χ2n) is 6.24. The van der Waals surface area contributed by atoms with Gasteiger partial charge in [0, 0.05) is 10.6 Å². The van der Waals surface area contributed by atoms with Crippen molar-refractivity contribution in [2.24, 2.45) is 0 Å². The summed E-state index contributed by atoms with van der Waals surface area (Å²) in [5.41, 5.74) is 1.20. The second-order valence-corrected chi connectivity index (χ2v) is 8.09. The number of rotatable bonds is 3. The van der Waals surface area contributed by atoms with Crippen molar-refractivity contribution in [3.63, 3.8) is 0 Å². The Morgan fingerprint density at radius 1 is 1.14 bits per heavy atom. The third-order valence-corrected chi connectivity index (χ3v) is 5.82. The van der Waals surface area contributed by atoms with Gasteiger partial charge < -0.3 is 10.2 Å². The number of aromatic nitrogens is 1. The first kappa shape index (κ1) is 19.8. The summed E-state index contributed by atoms with van der Waals surface area (Å²) in [6.45, 7) is 0.00727. The van der Waals surface area contributed by atoms with Crippen LogP contribution in [0.2, 0.25) is 10.0 Å². The average molecular weight is 454 g/mol. The molecule has 2 amide bonds. The summed E-state index contributed by atoms with van der Waals surface area (Å²) in [5, 5.41) is 2.72. The molecule has 1 fully saturated rings. The van der Waals surface area contributed by atoms with Crippen LogP contribution in [-0.4, -0.2) is 34.9 Å². The van der Waals surface area contributed by atoms with E-state index in [0.717, 1.165) is 17.4 Å². The minimum atomic E-state index is -0.598. The van der Waals surface area contributed by atoms with Crippen molar-refractivity contribution >= 4 is 46.4 Å². The van der Waals surface area contributed by atoms with Gasteiger partial charge in [-0.3, -0.25) is 9.59 Å². The maximum atomic E-state index is 13.9. The average Bonchev–Trinajstić information content (AvgIpc) is 3.29. The lowest BCUT2D eigenvalue weighted by atomic mass is 10.1. The fraction of sp³-hybridized carbons (Fsp3) is 0.105. The number of nitrogens with zero attached hydrogens (tertiary/aromatic N) is 2. The van der Waals surface area contributed by atoms with Gasteiger partial charge in [-0.05, 0) is 42.0 Å². The van der Waals surface area contributed by atoms with Gasteiger partial charge in [-0.1, -0.05) is 23.2 Å². The number of halogens is 4. The maximum absolute atomic E-state index is 13.9. The first-order valence-electron chi connectivity index (χ1n) is 8.30. The lowest BCUT2D eigenvalue weighted by Crippen LogP contribution is -2.29. The highest BCUT2D eigenvalue weighted by Gasteiger charge is 2.28. The van der Waals surface area contributed by atoms with Crippen LogP contribution < -0.4 is 5.32 Å². The van der Waals surface area contributed by atoms with Gasteiger partial charge >= 0.3 is 0 Å². The topological polar surface area (TPSA) is 62.3 Å². The van der Waals surface area contributed by atoms with Crippen LogP contribution in [-0.2, 0) is 4.79 Å². The van der Waals surface area contributed by atoms with Crippen molar-refractivity contribution in [2.75, 3.05) is 13.2 Å². The maximum Gasteiger partial charge on any atom is 0.284 e. The summed E-state index contributed by atoms with van der Waals surface area (Å²) >= 11 is 12.9. The lowest BCUT2D eigenvalue weighted by Gasteiger charge is -2.10. The van der Waals surface area contributed by atoms with E-state index in [0.29, 0.717) is 21.7 Å². The Morgan fingerprint density at radius 3 is 2.59 bits per heavy atom. The van der Waals surface area contributed by atoms with Crippen LogP contribution in [0.15, 0.2) is 36.4 Å². The molecular formula is C19H11Cl2F2N3O2S. The van der Waals surface area contributed by atoms with E-state index in [-0.39, 0.29) is 34.2 Å². The van der Waals surface area contributed by atoms with Gasteiger partial charge in [0.2, 0.25) is 5.91 Å². The molecule has 1 saturated heterocycles. The number of hydrogen-bond donors (Lipinski definition) is 1. The predicted molar refractivity (Wildman–Crippen MR) is 107 cm³/mol. The molecule has 29 heavy (non-hydrogen) atoms. The van der Waals surface area contributed by atoms with E-state index in [9.17, 15) is 18.4 Å². The Balaban J connectivity index is 1.85. The van der Waals surface area contributed by atoms with Crippen molar-refractivity contribution in [1.29, 1.82) is 0 Å². The van der Waals surface area contributed by atoms with Crippen LogP contribution in [0.5, 0.6) is 0 Å². The van der Waals surface area contributed by atoms with Crippen molar-refractivity contribution in [2.45, 2.75) is 0 Å². The summed E-state index contributed by atoms with van der Waals surface area (Å²) < 4.78 is 27.5. The Hall–Kier alpha value is -2.55. The van der Waals surface area contributed by atoms with Crippen LogP contribution in [0.3, 0.4) is 0 Å². The highest BCUT2D eigenvalue weighted by atomic mass is 35.5. The molecule has 0 radical (unpaired) electrons. The predicted octanol–water partition coefficient (Wildman–Crippen LogP) is 4.59. The number of benzene rings is 2. The number of thiazole rings is 1. The van der Waals surface area contributed by atoms with E-state index >= 15 is 0 Å². The van der Waals surface area contributed by atoms with E-state index < -0.39 is 17.5 Å². The van der Waals surface area contributed by atoms with E-state index in [1.807, 2.05) is 0 Å². The molecule has 148 valence electrons. The van der Waals surface area contributed by atoms with Crippen LogP contribution >= 0.6 is 34.5 Å². The molecule has 4 rings (SSSR count). The first-order valence-corrected chi connectivity index (χ1v) is 9.88. The van der Waals surface area contributed by atoms with Crippen molar-refractivity contribution in [3.05, 3.63) is 63.1 Å². The minimum Gasteiger partial charge on any atom is -0.337 e. The van der Waals surface area contributed by atoms with E-state index in [1.54, 1.807) is 6.07 Å². The summed E-state index contributed by atoms with van der Waals surface area (Å²) in [6.07, 6.45) is 0. The number of amides is 2. The summed E-state index contributed by atoms with van der Waals surface area (Å²) in [5.74, 6) is -1.86. The van der Waals surface area contributed by atoms with E-state index in [4.69, 9.17) is 23.2 Å². The molecular weight excluding hydrogens is 443 g/mol. The van der Waals surface area contributed by atoms with Crippen molar-refractivity contribution in [3.8, 4) is 21.7 Å². The monoisotopic (exact) mass is 453 g/mol. The van der Waals surface area contributed by atoms with Gasteiger partial charge in [-0.25, -0.2) is 13.8 Å². The highest BCUT2D eigenvalue weighted by molar-refractivity contribution is 7.17. The quantitative estimate of drug-likeness (QED) is 0.630. The zero-order valence-electron chi connectivity index (χ0n) is 14.5. The summed E-state index contributed by atoms with van der Waals surface area (Å²) in [6, 6.07) is 8.00. The summed E-state index contributed by atoms with van der Waals surface area (Å²) in [7, 11) is 0. The standard InChI is InChI=1S/C19H11Cl2F2N3O2S/c20-11-3-10(4-12(22)6-11)17-16(9-1-2-14(23)13(21)5-9)25-18(29-17)19(28)26-7-15(27)24-8-26/h1-6H,7-8H2,(H,24,27). The number of nitrogens with one attached hydrogen (secondary N) is 1. The Bertz CT molecular complexity index is 1130. The number of carbonyl (C=O) groups excluding carboxylic acids is 2. The molecule has 3 aromatic rings. The van der Waals surface area contributed by atoms with Gasteiger partial charge in [0.05, 0.1) is 22.3 Å². The molecule has 0 unspecified atom stereocenters.